The van der Waals surface area contributed by atoms with Gasteiger partial charge < -0.3 is 15.3 Å². The zero-order chi connectivity index (χ0) is 20.5. The maximum Gasteiger partial charge on any atom is 0.433 e. The Labute approximate surface area is 149 Å². The highest BCUT2D eigenvalue weighted by molar-refractivity contribution is 5.41. The summed E-state index contributed by atoms with van der Waals surface area (Å²) in [6, 6.07) is 8.68. The van der Waals surface area contributed by atoms with Gasteiger partial charge in [0, 0.05) is 11.1 Å². The Kier molecular flexibility index (Phi) is 5.30. The Bertz CT molecular complexity index is 862. The summed E-state index contributed by atoms with van der Waals surface area (Å²) < 4.78 is 79.0. The van der Waals surface area contributed by atoms with Crippen LogP contribution >= 0.6 is 0 Å². The van der Waals surface area contributed by atoms with Crippen molar-refractivity contribution in [3.63, 3.8) is 0 Å². The summed E-state index contributed by atoms with van der Waals surface area (Å²) in [5.74, 6) is -0.990. The second-order valence-electron chi connectivity index (χ2n) is 5.54. The Morgan fingerprint density at radius 2 is 1.11 bits per heavy atom. The highest BCUT2D eigenvalue weighted by atomic mass is 19.4. The Balaban J connectivity index is 2.60. The SMILES string of the molecule is OC(O)(C#C[C@](O)(c1ccccc1)C(F)(F)F)c1ccccc1C(F)(F)F. The summed E-state index contributed by atoms with van der Waals surface area (Å²) in [5.41, 5.74) is -7.20. The molecule has 2 rings (SSSR count). The molecule has 27 heavy (non-hydrogen) atoms. The van der Waals surface area contributed by atoms with Crippen molar-refractivity contribution in [3.05, 3.63) is 71.3 Å². The van der Waals surface area contributed by atoms with Gasteiger partial charge in [-0.3, -0.25) is 0 Å². The zero-order valence-electron chi connectivity index (χ0n) is 13.3. The lowest BCUT2D eigenvalue weighted by molar-refractivity contribution is -0.241. The fourth-order valence-corrected chi connectivity index (χ4v) is 2.27. The average molecular weight is 390 g/mol. The predicted octanol–water partition coefficient (Wildman–Crippen LogP) is 3.30. The van der Waals surface area contributed by atoms with E-state index in [0.717, 1.165) is 24.3 Å². The number of aliphatic hydroxyl groups is 3. The molecule has 0 radical (unpaired) electrons. The van der Waals surface area contributed by atoms with E-state index in [1.54, 1.807) is 0 Å². The molecule has 1 atom stereocenters. The van der Waals surface area contributed by atoms with Crippen LogP contribution in [0, 0.1) is 11.8 Å². The summed E-state index contributed by atoms with van der Waals surface area (Å²) in [6.07, 6.45) is -10.4. The van der Waals surface area contributed by atoms with Gasteiger partial charge in [0.05, 0.1) is 5.56 Å². The van der Waals surface area contributed by atoms with Crippen molar-refractivity contribution < 1.29 is 41.7 Å². The normalized spacial score (nSPS) is 14.9. The molecule has 0 aliphatic rings. The minimum absolute atomic E-state index is 0.519. The van der Waals surface area contributed by atoms with Crippen LogP contribution in [-0.4, -0.2) is 21.5 Å². The fraction of sp³-hybridized carbons (Fsp3) is 0.222. The van der Waals surface area contributed by atoms with Gasteiger partial charge in [-0.1, -0.05) is 48.5 Å². The van der Waals surface area contributed by atoms with Gasteiger partial charge in [0.15, 0.2) is 0 Å². The third kappa shape index (κ3) is 4.24. The van der Waals surface area contributed by atoms with E-state index in [1.165, 1.54) is 30.0 Å². The number of rotatable bonds is 2. The van der Waals surface area contributed by atoms with Crippen LogP contribution in [0.15, 0.2) is 54.6 Å². The van der Waals surface area contributed by atoms with Crippen LogP contribution in [0.1, 0.15) is 16.7 Å². The first-order valence-corrected chi connectivity index (χ1v) is 7.29. The van der Waals surface area contributed by atoms with Gasteiger partial charge >= 0.3 is 12.4 Å². The summed E-state index contributed by atoms with van der Waals surface area (Å²) in [7, 11) is 0. The Hall–Kier alpha value is -2.54. The lowest BCUT2D eigenvalue weighted by Crippen LogP contribution is -2.41. The van der Waals surface area contributed by atoms with E-state index in [4.69, 9.17) is 0 Å². The third-order valence-corrected chi connectivity index (χ3v) is 3.63. The van der Waals surface area contributed by atoms with E-state index in [9.17, 15) is 41.7 Å². The highest BCUT2D eigenvalue weighted by Crippen LogP contribution is 2.39. The Morgan fingerprint density at radius 1 is 0.630 bits per heavy atom. The topological polar surface area (TPSA) is 60.7 Å². The smallest absolute Gasteiger partial charge is 0.366 e. The lowest BCUT2D eigenvalue weighted by atomic mass is 9.92. The van der Waals surface area contributed by atoms with Crippen molar-refractivity contribution in [3.8, 4) is 11.8 Å². The van der Waals surface area contributed by atoms with E-state index in [0.29, 0.717) is 12.1 Å². The molecule has 0 saturated carbocycles. The number of hydrogen-bond donors (Lipinski definition) is 3. The number of alkyl halides is 6. The van der Waals surface area contributed by atoms with Crippen molar-refractivity contribution >= 4 is 0 Å². The van der Waals surface area contributed by atoms with Crippen LogP contribution in [-0.2, 0) is 17.6 Å². The molecule has 0 bridgehead atoms. The van der Waals surface area contributed by atoms with Crippen molar-refractivity contribution in [1.82, 2.24) is 0 Å². The molecule has 0 aliphatic carbocycles. The molecule has 0 unspecified atom stereocenters. The van der Waals surface area contributed by atoms with Crippen molar-refractivity contribution in [2.24, 2.45) is 0 Å². The quantitative estimate of drug-likeness (QED) is 0.419. The first-order chi connectivity index (χ1) is 12.3. The molecule has 0 saturated heterocycles. The van der Waals surface area contributed by atoms with Crippen LogP contribution in [0.4, 0.5) is 26.3 Å². The highest BCUT2D eigenvalue weighted by Gasteiger charge is 2.54. The maximum absolute atomic E-state index is 13.3. The minimum Gasteiger partial charge on any atom is -0.366 e. The monoisotopic (exact) mass is 390 g/mol. The van der Waals surface area contributed by atoms with Crippen molar-refractivity contribution in [2.45, 2.75) is 23.7 Å². The standard InChI is InChI=1S/C18H12F6O3/c19-17(20,21)14-9-5-4-8-13(14)16(26,27)11-10-15(25,18(22,23)24)12-6-2-1-3-7-12/h1-9,25-27H/t15-/m0/s1. The average Bonchev–Trinajstić information content (AvgIpc) is 2.59. The van der Waals surface area contributed by atoms with E-state index in [2.05, 4.69) is 0 Å². The van der Waals surface area contributed by atoms with Crippen LogP contribution in [0.25, 0.3) is 0 Å². The third-order valence-electron chi connectivity index (χ3n) is 3.63. The first-order valence-electron chi connectivity index (χ1n) is 7.29. The molecule has 3 nitrogen and oxygen atoms in total. The van der Waals surface area contributed by atoms with Gasteiger partial charge in [0.2, 0.25) is 5.60 Å². The van der Waals surface area contributed by atoms with E-state index < -0.39 is 40.4 Å². The molecular formula is C18H12F6O3. The first kappa shape index (κ1) is 20.8. The van der Waals surface area contributed by atoms with E-state index in [-0.39, 0.29) is 0 Å². The second-order valence-corrected chi connectivity index (χ2v) is 5.54. The minimum atomic E-state index is -5.36. The molecule has 0 aliphatic heterocycles. The molecule has 2 aromatic carbocycles. The molecule has 0 heterocycles. The molecule has 144 valence electrons. The molecule has 0 amide bonds. The largest absolute Gasteiger partial charge is 0.433 e. The van der Waals surface area contributed by atoms with Crippen LogP contribution < -0.4 is 0 Å². The van der Waals surface area contributed by atoms with Crippen LogP contribution in [0.2, 0.25) is 0 Å². The van der Waals surface area contributed by atoms with Crippen molar-refractivity contribution in [1.29, 1.82) is 0 Å². The molecule has 9 heteroatoms. The van der Waals surface area contributed by atoms with Crippen LogP contribution in [0.3, 0.4) is 0 Å². The lowest BCUT2D eigenvalue weighted by Gasteiger charge is -2.26. The predicted molar refractivity (Wildman–Crippen MR) is 81.7 cm³/mol. The fourth-order valence-electron chi connectivity index (χ4n) is 2.27. The molecule has 0 aromatic heterocycles. The molecule has 2 aromatic rings. The summed E-state index contributed by atoms with van der Waals surface area (Å²) in [5, 5.41) is 29.8. The van der Waals surface area contributed by atoms with Gasteiger partial charge in [-0.15, -0.1) is 0 Å². The molecule has 0 spiro atoms. The molecule has 3 N–H and O–H groups in total. The second kappa shape index (κ2) is 6.88. The summed E-state index contributed by atoms with van der Waals surface area (Å²) >= 11 is 0. The summed E-state index contributed by atoms with van der Waals surface area (Å²) in [4.78, 5) is 0. The number of halogens is 6. The van der Waals surface area contributed by atoms with Crippen LogP contribution in [0.5, 0.6) is 0 Å². The van der Waals surface area contributed by atoms with Gasteiger partial charge in [0.1, 0.15) is 0 Å². The van der Waals surface area contributed by atoms with Gasteiger partial charge in [-0.2, -0.15) is 26.3 Å². The number of hydrogen-bond acceptors (Lipinski definition) is 3. The maximum atomic E-state index is 13.3. The molecule has 0 fully saturated rings. The van der Waals surface area contributed by atoms with Gasteiger partial charge in [0.25, 0.3) is 5.79 Å². The van der Waals surface area contributed by atoms with Gasteiger partial charge in [-0.25, -0.2) is 0 Å². The molecular weight excluding hydrogens is 378 g/mol. The van der Waals surface area contributed by atoms with Gasteiger partial charge in [-0.05, 0) is 17.9 Å². The van der Waals surface area contributed by atoms with E-state index >= 15 is 0 Å². The van der Waals surface area contributed by atoms with E-state index in [1.807, 2.05) is 0 Å². The zero-order valence-corrected chi connectivity index (χ0v) is 13.3. The van der Waals surface area contributed by atoms with Crippen molar-refractivity contribution in [2.75, 3.05) is 0 Å². The Morgan fingerprint density at radius 3 is 1.59 bits per heavy atom. The summed E-state index contributed by atoms with van der Waals surface area (Å²) in [6.45, 7) is 0. The number of benzene rings is 2.